The third-order valence-electron chi connectivity index (χ3n) is 5.13. The number of aromatic nitrogens is 4. The number of H-pyrrole nitrogens is 2. The maximum absolute atomic E-state index is 4.93. The average molecular weight is 506 g/mol. The summed E-state index contributed by atoms with van der Waals surface area (Å²) >= 11 is -1.62. The first-order valence-electron chi connectivity index (χ1n) is 9.45. The molecule has 0 amide bonds. The molecule has 2 aromatic carbocycles. The van der Waals surface area contributed by atoms with Gasteiger partial charge in [0, 0.05) is 0 Å². The number of aromatic amines is 2. The van der Waals surface area contributed by atoms with Gasteiger partial charge in [-0.05, 0) is 81.3 Å². The summed E-state index contributed by atoms with van der Waals surface area (Å²) < 4.78 is 0. The molecule has 0 radical (unpaired) electrons. The molecule has 0 aliphatic heterocycles. The number of nitrogens with one attached hydrogen (secondary N) is 2. The van der Waals surface area contributed by atoms with E-state index in [4.69, 9.17) is 40.1 Å². The van der Waals surface area contributed by atoms with Gasteiger partial charge in [0.05, 0.1) is 35.2 Å². The van der Waals surface area contributed by atoms with Crippen LogP contribution >= 0.6 is 30.1 Å². The van der Waals surface area contributed by atoms with Crippen molar-refractivity contribution in [1.29, 1.82) is 0 Å². The molecule has 0 saturated heterocycles. The van der Waals surface area contributed by atoms with E-state index in [1.807, 2.05) is 0 Å². The number of fused-ring (bicyclic) bond motifs is 2. The van der Waals surface area contributed by atoms with Crippen LogP contribution in [0.25, 0.3) is 22.1 Å². The molecule has 2 N–H and O–H groups in total. The molecule has 0 bridgehead atoms. The number of benzene rings is 2. The molecule has 160 valence electrons. The Hall–Kier alpha value is -1.26. The number of imidazole rings is 2. The average Bonchev–Trinajstić information content (AvgIpc) is 3.17. The molecule has 0 saturated carbocycles. The van der Waals surface area contributed by atoms with E-state index < -0.39 is 11.4 Å². The Morgan fingerprint density at radius 3 is 1.43 bits per heavy atom. The number of hydrogen-bond donors (Lipinski definition) is 2. The number of rotatable bonds is 4. The van der Waals surface area contributed by atoms with Gasteiger partial charge in [-0.25, -0.2) is 9.97 Å². The molecule has 30 heavy (non-hydrogen) atoms. The minimum absolute atomic E-state index is 0.752. The van der Waals surface area contributed by atoms with Gasteiger partial charge in [-0.15, -0.1) is 0 Å². The monoisotopic (exact) mass is 504 g/mol. The molecular weight excluding hydrogens is 481 g/mol. The van der Waals surface area contributed by atoms with E-state index in [2.05, 4.69) is 73.9 Å². The molecule has 0 fully saturated rings. The van der Waals surface area contributed by atoms with Gasteiger partial charge in [-0.3, -0.25) is 4.90 Å². The molecule has 4 aromatic rings. The fraction of sp³-hybridized carbons (Fsp3) is 0.333. The number of aryl methyl sites for hydroxylation is 4. The predicted molar refractivity (Wildman–Crippen MR) is 124 cm³/mol. The van der Waals surface area contributed by atoms with Gasteiger partial charge in [0.2, 0.25) is 0 Å². The fourth-order valence-electron chi connectivity index (χ4n) is 3.36. The zero-order valence-electron chi connectivity index (χ0n) is 17.6. The molecule has 4 rings (SSSR count). The van der Waals surface area contributed by atoms with Crippen LogP contribution in [0, 0.1) is 27.7 Å². The van der Waals surface area contributed by atoms with Gasteiger partial charge >= 0.3 is 41.5 Å². The molecular formula is C21H25Cl3CrN5+. The normalized spacial score (nSPS) is 11.5. The second kappa shape index (κ2) is 9.91. The first kappa shape index (κ1) is 23.4. The molecule has 0 spiro atoms. The summed E-state index contributed by atoms with van der Waals surface area (Å²) in [7, 11) is 16.9. The van der Waals surface area contributed by atoms with E-state index in [0.29, 0.717) is 0 Å². The zero-order valence-corrected chi connectivity index (χ0v) is 21.2. The topological polar surface area (TPSA) is 60.6 Å². The van der Waals surface area contributed by atoms with Gasteiger partial charge < -0.3 is 9.97 Å². The van der Waals surface area contributed by atoms with Gasteiger partial charge in [0.1, 0.15) is 11.6 Å². The van der Waals surface area contributed by atoms with Crippen molar-refractivity contribution in [3.8, 4) is 0 Å². The summed E-state index contributed by atoms with van der Waals surface area (Å²) in [6, 6.07) is 8.64. The summed E-state index contributed by atoms with van der Waals surface area (Å²) in [6.45, 7) is 10.0. The standard InChI is InChI=1S/C21H25N5.3ClH.Cr/c1-12-6-16-17(7-13(12)2)23-20(22-16)10-26(5)11-21-24-18-8-14(3)15(4)9-19(18)25-21;;;;/h6-9H,10-11H2,1-5H3,(H,22,23)(H,24,25);3*1H;/q;;;;+4/p-3. The second-order valence-electron chi connectivity index (χ2n) is 7.62. The van der Waals surface area contributed by atoms with Crippen molar-refractivity contribution in [2.45, 2.75) is 40.8 Å². The molecule has 0 aliphatic rings. The number of nitrogens with zero attached hydrogens (tertiary/aromatic N) is 3. The van der Waals surface area contributed by atoms with E-state index in [9.17, 15) is 0 Å². The van der Waals surface area contributed by atoms with Crippen molar-refractivity contribution in [3.63, 3.8) is 0 Å². The van der Waals surface area contributed by atoms with Crippen molar-refractivity contribution < 1.29 is 11.4 Å². The SMILES string of the molecule is Cc1cc2nc(CN(C)Cc3nc4cc(C)c(C)cc4[nH]3)[nH]c2cc1C.[Cl][Cr+]([Cl])[Cl]. The zero-order chi connectivity index (χ0) is 22.0. The Kier molecular flexibility index (Phi) is 7.73. The first-order valence-corrected chi connectivity index (χ1v) is 14.7. The van der Waals surface area contributed by atoms with E-state index in [0.717, 1.165) is 46.8 Å². The molecule has 9 heteroatoms. The molecule has 2 heterocycles. The Labute approximate surface area is 193 Å². The number of halogens is 3. The van der Waals surface area contributed by atoms with Crippen LogP contribution in [0.15, 0.2) is 24.3 Å². The van der Waals surface area contributed by atoms with E-state index in [1.165, 1.54) is 22.3 Å². The van der Waals surface area contributed by atoms with E-state index in [-0.39, 0.29) is 0 Å². The van der Waals surface area contributed by atoms with Crippen LogP contribution in [-0.4, -0.2) is 31.9 Å². The Morgan fingerprint density at radius 2 is 1.07 bits per heavy atom. The van der Waals surface area contributed by atoms with E-state index in [1.54, 1.807) is 0 Å². The molecule has 0 atom stereocenters. The van der Waals surface area contributed by atoms with Crippen LogP contribution in [0.4, 0.5) is 0 Å². The Morgan fingerprint density at radius 1 is 0.733 bits per heavy atom. The van der Waals surface area contributed by atoms with Gasteiger partial charge in [-0.2, -0.15) is 0 Å². The predicted octanol–water partition coefficient (Wildman–Crippen LogP) is 6.37. The summed E-state index contributed by atoms with van der Waals surface area (Å²) in [5, 5.41) is 0. The molecule has 0 unspecified atom stereocenters. The van der Waals surface area contributed by atoms with E-state index >= 15 is 0 Å². The second-order valence-corrected chi connectivity index (χ2v) is 13.9. The quantitative estimate of drug-likeness (QED) is 0.339. The molecule has 2 aromatic heterocycles. The summed E-state index contributed by atoms with van der Waals surface area (Å²) in [5.41, 5.74) is 9.39. The van der Waals surface area contributed by atoms with Crippen LogP contribution in [-0.2, 0) is 24.5 Å². The van der Waals surface area contributed by atoms with Crippen LogP contribution in [0.5, 0.6) is 0 Å². The van der Waals surface area contributed by atoms with Crippen molar-refractivity contribution >= 4 is 52.2 Å². The van der Waals surface area contributed by atoms with Crippen LogP contribution in [0.3, 0.4) is 0 Å². The van der Waals surface area contributed by atoms with Gasteiger partial charge in [-0.1, -0.05) is 0 Å². The van der Waals surface area contributed by atoms with Crippen LogP contribution < -0.4 is 0 Å². The Balaban J connectivity index is 0.000000589. The van der Waals surface area contributed by atoms with Crippen molar-refractivity contribution in [1.82, 2.24) is 24.8 Å². The summed E-state index contributed by atoms with van der Waals surface area (Å²) in [6.07, 6.45) is 0. The minimum atomic E-state index is -1.62. The Bertz CT molecular complexity index is 1000. The summed E-state index contributed by atoms with van der Waals surface area (Å²) in [4.78, 5) is 18.6. The van der Waals surface area contributed by atoms with Crippen molar-refractivity contribution in [3.05, 3.63) is 58.2 Å². The van der Waals surface area contributed by atoms with Gasteiger partial charge in [0.25, 0.3) is 0 Å². The maximum atomic E-state index is 4.93. The van der Waals surface area contributed by atoms with Crippen LogP contribution in [0.1, 0.15) is 33.9 Å². The number of hydrogen-bond acceptors (Lipinski definition) is 3. The van der Waals surface area contributed by atoms with Crippen molar-refractivity contribution in [2.24, 2.45) is 0 Å². The molecule has 0 aliphatic carbocycles. The van der Waals surface area contributed by atoms with Crippen LogP contribution in [0.2, 0.25) is 0 Å². The summed E-state index contributed by atoms with van der Waals surface area (Å²) in [5.74, 6) is 1.96. The third-order valence-corrected chi connectivity index (χ3v) is 5.13. The van der Waals surface area contributed by atoms with Gasteiger partial charge in [0.15, 0.2) is 0 Å². The molecule has 5 nitrogen and oxygen atoms in total. The first-order chi connectivity index (χ1) is 14.1. The fourth-order valence-corrected chi connectivity index (χ4v) is 3.36. The third kappa shape index (κ3) is 5.91. The van der Waals surface area contributed by atoms with Crippen molar-refractivity contribution in [2.75, 3.05) is 7.05 Å².